The van der Waals surface area contributed by atoms with Crippen LogP contribution in [-0.2, 0) is 10.0 Å². The molecule has 0 radical (unpaired) electrons. The van der Waals surface area contributed by atoms with Crippen molar-refractivity contribution in [3.63, 3.8) is 0 Å². The average Bonchev–Trinajstić information content (AvgIpc) is 2.66. The van der Waals surface area contributed by atoms with Crippen LogP contribution in [0, 0.1) is 12.7 Å². The van der Waals surface area contributed by atoms with Gasteiger partial charge in [-0.3, -0.25) is 9.82 Å². The van der Waals surface area contributed by atoms with Crippen molar-refractivity contribution in [3.8, 4) is 0 Å². The molecule has 0 spiro atoms. The lowest BCUT2D eigenvalue weighted by Gasteiger charge is -2.06. The minimum atomic E-state index is -4.04. The third-order valence-electron chi connectivity index (χ3n) is 2.19. The number of anilines is 2. The number of hydrogen-bond acceptors (Lipinski definition) is 4. The Hall–Kier alpha value is -2.09. The number of nitrogen functional groups attached to an aromatic ring is 1. The lowest BCUT2D eigenvalue weighted by molar-refractivity contribution is 0.570. The van der Waals surface area contributed by atoms with Gasteiger partial charge in [0.25, 0.3) is 10.0 Å². The van der Waals surface area contributed by atoms with E-state index in [0.717, 1.165) is 12.1 Å². The predicted molar refractivity (Wildman–Crippen MR) is 64.9 cm³/mol. The molecule has 2 aromatic rings. The van der Waals surface area contributed by atoms with Crippen LogP contribution < -0.4 is 10.5 Å². The number of aromatic amines is 1. The van der Waals surface area contributed by atoms with Crippen molar-refractivity contribution in [2.75, 3.05) is 10.5 Å². The van der Waals surface area contributed by atoms with Crippen molar-refractivity contribution in [1.82, 2.24) is 10.2 Å². The number of hydrogen-bond donors (Lipinski definition) is 3. The fourth-order valence-corrected chi connectivity index (χ4v) is 2.49. The summed E-state index contributed by atoms with van der Waals surface area (Å²) in [6, 6.07) is 4.83. The highest BCUT2D eigenvalue weighted by Gasteiger charge is 2.20. The van der Waals surface area contributed by atoms with Gasteiger partial charge < -0.3 is 5.73 Å². The monoisotopic (exact) mass is 270 g/mol. The van der Waals surface area contributed by atoms with E-state index in [2.05, 4.69) is 14.9 Å². The van der Waals surface area contributed by atoms with Gasteiger partial charge >= 0.3 is 0 Å². The predicted octanol–water partition coefficient (Wildman–Crippen LogP) is 1.24. The molecule has 0 saturated carbocycles. The molecule has 0 unspecified atom stereocenters. The van der Waals surface area contributed by atoms with Crippen LogP contribution in [0.5, 0.6) is 0 Å². The normalized spacial score (nSPS) is 11.4. The Labute approximate surface area is 103 Å². The molecule has 1 aromatic carbocycles. The second-order valence-corrected chi connectivity index (χ2v) is 5.38. The molecule has 1 aromatic heterocycles. The van der Waals surface area contributed by atoms with Crippen LogP contribution in [0.2, 0.25) is 0 Å². The number of halogens is 1. The van der Waals surface area contributed by atoms with E-state index < -0.39 is 20.7 Å². The van der Waals surface area contributed by atoms with E-state index in [1.165, 1.54) is 12.1 Å². The molecule has 2 rings (SSSR count). The van der Waals surface area contributed by atoms with Crippen molar-refractivity contribution in [2.45, 2.75) is 11.8 Å². The van der Waals surface area contributed by atoms with Crippen LogP contribution >= 0.6 is 0 Å². The zero-order valence-corrected chi connectivity index (χ0v) is 10.3. The number of sulfonamides is 1. The van der Waals surface area contributed by atoms with Crippen LogP contribution in [0.4, 0.5) is 15.9 Å². The third-order valence-corrected chi connectivity index (χ3v) is 3.56. The van der Waals surface area contributed by atoms with Gasteiger partial charge in [-0.1, -0.05) is 0 Å². The summed E-state index contributed by atoms with van der Waals surface area (Å²) >= 11 is 0. The molecule has 96 valence electrons. The van der Waals surface area contributed by atoms with E-state index >= 15 is 0 Å². The first-order valence-corrected chi connectivity index (χ1v) is 6.46. The first kappa shape index (κ1) is 12.4. The molecule has 0 atom stereocenters. The molecule has 0 aliphatic heterocycles. The lowest BCUT2D eigenvalue weighted by Crippen LogP contribution is -2.15. The van der Waals surface area contributed by atoms with E-state index in [1.807, 2.05) is 0 Å². The maximum absolute atomic E-state index is 13.5. The highest BCUT2D eigenvalue weighted by atomic mass is 32.2. The van der Waals surface area contributed by atoms with Crippen molar-refractivity contribution in [3.05, 3.63) is 35.8 Å². The number of aryl methyl sites for hydroxylation is 1. The second kappa shape index (κ2) is 4.30. The molecule has 0 saturated heterocycles. The number of nitrogens with two attached hydrogens (primary N) is 1. The van der Waals surface area contributed by atoms with Crippen molar-refractivity contribution in [1.29, 1.82) is 0 Å². The SMILES string of the molecule is Cc1cc(NS(=O)(=O)c2cc(N)ccc2F)n[nH]1. The van der Waals surface area contributed by atoms with Crippen LogP contribution in [-0.4, -0.2) is 18.6 Å². The van der Waals surface area contributed by atoms with Crippen molar-refractivity contribution < 1.29 is 12.8 Å². The number of H-pyrrole nitrogens is 1. The van der Waals surface area contributed by atoms with E-state index in [9.17, 15) is 12.8 Å². The molecule has 4 N–H and O–H groups in total. The first-order chi connectivity index (χ1) is 8.38. The summed E-state index contributed by atoms with van der Waals surface area (Å²) in [5, 5.41) is 6.28. The van der Waals surface area contributed by atoms with Gasteiger partial charge in [-0.2, -0.15) is 5.10 Å². The Morgan fingerprint density at radius 2 is 2.11 bits per heavy atom. The summed E-state index contributed by atoms with van der Waals surface area (Å²) in [5.41, 5.74) is 6.28. The molecular weight excluding hydrogens is 259 g/mol. The largest absolute Gasteiger partial charge is 0.399 e. The Balaban J connectivity index is 2.39. The third kappa shape index (κ3) is 2.43. The Morgan fingerprint density at radius 1 is 1.39 bits per heavy atom. The summed E-state index contributed by atoms with van der Waals surface area (Å²) in [6.07, 6.45) is 0. The summed E-state index contributed by atoms with van der Waals surface area (Å²) in [6.45, 7) is 1.71. The van der Waals surface area contributed by atoms with Gasteiger partial charge in [0.2, 0.25) is 0 Å². The molecular formula is C10H11FN4O2S. The van der Waals surface area contributed by atoms with Crippen molar-refractivity contribution in [2.24, 2.45) is 0 Å². The maximum atomic E-state index is 13.5. The lowest BCUT2D eigenvalue weighted by atomic mass is 10.3. The first-order valence-electron chi connectivity index (χ1n) is 4.98. The van der Waals surface area contributed by atoms with Gasteiger partial charge in [0.1, 0.15) is 10.7 Å². The number of benzene rings is 1. The smallest absolute Gasteiger partial charge is 0.266 e. The van der Waals surface area contributed by atoms with Crippen molar-refractivity contribution >= 4 is 21.5 Å². The summed E-state index contributed by atoms with van der Waals surface area (Å²) in [4.78, 5) is -0.511. The number of nitrogens with zero attached hydrogens (tertiary/aromatic N) is 1. The van der Waals surface area contributed by atoms with Crippen LogP contribution in [0.15, 0.2) is 29.2 Å². The topological polar surface area (TPSA) is 101 Å². The average molecular weight is 270 g/mol. The fourth-order valence-electron chi connectivity index (χ4n) is 1.39. The van der Waals surface area contributed by atoms with E-state index in [-0.39, 0.29) is 11.5 Å². The van der Waals surface area contributed by atoms with Crippen LogP contribution in [0.3, 0.4) is 0 Å². The number of rotatable bonds is 3. The number of nitrogens with one attached hydrogen (secondary N) is 2. The Bertz CT molecular complexity index is 681. The molecule has 0 aliphatic rings. The minimum Gasteiger partial charge on any atom is -0.399 e. The van der Waals surface area contributed by atoms with Gasteiger partial charge in [-0.25, -0.2) is 12.8 Å². The molecule has 6 nitrogen and oxygen atoms in total. The fraction of sp³-hybridized carbons (Fsp3) is 0.100. The molecule has 8 heteroatoms. The highest BCUT2D eigenvalue weighted by molar-refractivity contribution is 7.92. The van der Waals surface area contributed by atoms with Gasteiger partial charge in [0, 0.05) is 17.4 Å². The summed E-state index contributed by atoms with van der Waals surface area (Å²) in [5.74, 6) is -0.779. The maximum Gasteiger partial charge on any atom is 0.266 e. The van der Waals surface area contributed by atoms with Gasteiger partial charge in [0.05, 0.1) is 0 Å². The summed E-state index contributed by atoms with van der Waals surface area (Å²) in [7, 11) is -4.04. The molecule has 0 aliphatic carbocycles. The van der Waals surface area contributed by atoms with Gasteiger partial charge in [-0.15, -0.1) is 0 Å². The molecule has 18 heavy (non-hydrogen) atoms. The van der Waals surface area contributed by atoms with Gasteiger partial charge in [0.15, 0.2) is 5.82 Å². The number of aromatic nitrogens is 2. The Kier molecular flexibility index (Phi) is 2.95. The molecule has 0 amide bonds. The zero-order chi connectivity index (χ0) is 13.3. The summed E-state index contributed by atoms with van der Waals surface area (Å²) < 4.78 is 39.5. The molecule has 1 heterocycles. The van der Waals surface area contributed by atoms with E-state index in [1.54, 1.807) is 6.92 Å². The quantitative estimate of drug-likeness (QED) is 0.730. The molecule has 0 bridgehead atoms. The zero-order valence-electron chi connectivity index (χ0n) is 9.44. The highest BCUT2D eigenvalue weighted by Crippen LogP contribution is 2.20. The molecule has 0 fully saturated rings. The second-order valence-electron chi connectivity index (χ2n) is 3.73. The standard InChI is InChI=1S/C10H11FN4O2S/c1-6-4-10(14-13-6)15-18(16,17)9-5-7(12)2-3-8(9)11/h2-5H,12H2,1H3,(H2,13,14,15). The Morgan fingerprint density at radius 3 is 2.72 bits per heavy atom. The van der Waals surface area contributed by atoms with Crippen LogP contribution in [0.1, 0.15) is 5.69 Å². The minimum absolute atomic E-state index is 0.0920. The van der Waals surface area contributed by atoms with E-state index in [0.29, 0.717) is 5.69 Å². The van der Waals surface area contributed by atoms with Crippen LogP contribution in [0.25, 0.3) is 0 Å². The van der Waals surface area contributed by atoms with Gasteiger partial charge in [-0.05, 0) is 25.1 Å². The van der Waals surface area contributed by atoms with E-state index in [4.69, 9.17) is 5.73 Å².